The van der Waals surface area contributed by atoms with Crippen molar-refractivity contribution in [3.05, 3.63) is 0 Å². The molecule has 35 heavy (non-hydrogen) atoms. The summed E-state index contributed by atoms with van der Waals surface area (Å²) in [5.74, 6) is -1.48. The summed E-state index contributed by atoms with van der Waals surface area (Å²) in [5, 5.41) is 0. The Morgan fingerprint density at radius 1 is 0.514 bits per heavy atom. The van der Waals surface area contributed by atoms with Crippen LogP contribution >= 0.6 is 0 Å². The van der Waals surface area contributed by atoms with Crippen LogP contribution in [0, 0.1) is 34.5 Å². The molecule has 0 saturated heterocycles. The molecule has 0 spiro atoms. The number of hydrogen-bond acceptors (Lipinski definition) is 0. The van der Waals surface area contributed by atoms with Gasteiger partial charge in [0.15, 0.2) is 0 Å². The molecule has 0 N–H and O–H groups in total. The van der Waals surface area contributed by atoms with Crippen molar-refractivity contribution in [1.29, 1.82) is 0 Å². The first-order chi connectivity index (χ1) is 15.3. The summed E-state index contributed by atoms with van der Waals surface area (Å²) >= 11 is 0. The summed E-state index contributed by atoms with van der Waals surface area (Å²) in [6.07, 6.45) is 0.266. The van der Waals surface area contributed by atoms with Crippen LogP contribution < -0.4 is 0 Å². The van der Waals surface area contributed by atoms with Gasteiger partial charge in [0.1, 0.15) is 0 Å². The van der Waals surface area contributed by atoms with Gasteiger partial charge in [-0.25, -0.2) is 0 Å². The molecule has 0 bridgehead atoms. The van der Waals surface area contributed by atoms with E-state index in [0.29, 0.717) is 24.7 Å². The number of hydrogen-bond donors (Lipinski definition) is 0. The summed E-state index contributed by atoms with van der Waals surface area (Å²) < 4.78 is 74.9. The highest BCUT2D eigenvalue weighted by Crippen LogP contribution is 2.42. The van der Waals surface area contributed by atoms with Crippen molar-refractivity contribution in [1.82, 2.24) is 0 Å². The van der Waals surface area contributed by atoms with E-state index in [1.807, 2.05) is 0 Å². The zero-order chi connectivity index (χ0) is 27.4. The summed E-state index contributed by atoms with van der Waals surface area (Å²) in [7, 11) is 0. The lowest BCUT2D eigenvalue weighted by Crippen LogP contribution is -2.27. The quantitative estimate of drug-likeness (QED) is 0.200. The SMILES string of the molecule is C.CCCC[C@@](C)(CC[C@@H](C)C(F)(F)F)C(C)C.CCCC[C@@](C)(CC[C@H](C)C(F)(F)F)C(C)C. The molecule has 0 aromatic rings. The van der Waals surface area contributed by atoms with Gasteiger partial charge in [-0.3, -0.25) is 0 Å². The van der Waals surface area contributed by atoms with E-state index < -0.39 is 24.2 Å². The Morgan fingerprint density at radius 3 is 0.943 bits per heavy atom. The number of rotatable bonds is 14. The summed E-state index contributed by atoms with van der Waals surface area (Å²) in [6.45, 7) is 19.6. The van der Waals surface area contributed by atoms with Crippen LogP contribution in [0.25, 0.3) is 0 Å². The smallest absolute Gasteiger partial charge is 0.171 e. The predicted octanol–water partition coefficient (Wildman–Crippen LogP) is 12.3. The Hall–Kier alpha value is -0.420. The Balaban J connectivity index is -0.000000569. The summed E-state index contributed by atoms with van der Waals surface area (Å²) in [5.41, 5.74) is 0.102. The Labute approximate surface area is 214 Å². The Kier molecular flexibility index (Phi) is 19.2. The molecule has 0 heterocycles. The van der Waals surface area contributed by atoms with Crippen LogP contribution in [0.4, 0.5) is 26.3 Å². The maximum absolute atomic E-state index is 12.5. The summed E-state index contributed by atoms with van der Waals surface area (Å²) in [4.78, 5) is 0. The first-order valence-electron chi connectivity index (χ1n) is 13.4. The summed E-state index contributed by atoms with van der Waals surface area (Å²) in [6, 6.07) is 0. The zero-order valence-corrected chi connectivity index (χ0v) is 23.6. The number of unbranched alkanes of at least 4 members (excludes halogenated alkanes) is 2. The van der Waals surface area contributed by atoms with Gasteiger partial charge in [-0.1, -0.05) is 102 Å². The normalized spacial score (nSPS) is 17.7. The topological polar surface area (TPSA) is 0 Å². The molecule has 0 amide bonds. The third kappa shape index (κ3) is 16.1. The van der Waals surface area contributed by atoms with Crippen molar-refractivity contribution >= 4 is 0 Å². The van der Waals surface area contributed by atoms with Crippen LogP contribution in [0.2, 0.25) is 0 Å². The fourth-order valence-electron chi connectivity index (χ4n) is 3.99. The number of halogens is 6. The minimum atomic E-state index is -4.04. The second-order valence-electron chi connectivity index (χ2n) is 11.8. The minimum Gasteiger partial charge on any atom is -0.171 e. The van der Waals surface area contributed by atoms with Crippen LogP contribution in [0.5, 0.6) is 0 Å². The van der Waals surface area contributed by atoms with Crippen molar-refractivity contribution in [2.24, 2.45) is 34.5 Å². The molecule has 0 fully saturated rings. The zero-order valence-electron chi connectivity index (χ0n) is 23.6. The maximum atomic E-state index is 12.5. The molecule has 0 aliphatic rings. The fourth-order valence-corrected chi connectivity index (χ4v) is 3.99. The third-order valence-electron chi connectivity index (χ3n) is 8.41. The van der Waals surface area contributed by atoms with Gasteiger partial charge in [0, 0.05) is 0 Å². The minimum absolute atomic E-state index is 0. The first-order valence-corrected chi connectivity index (χ1v) is 13.4. The lowest BCUT2D eigenvalue weighted by Gasteiger charge is -2.35. The Morgan fingerprint density at radius 2 is 0.771 bits per heavy atom. The molecule has 6 heteroatoms. The molecule has 4 atom stereocenters. The molecule has 0 aromatic carbocycles. The van der Waals surface area contributed by atoms with Gasteiger partial charge in [-0.05, 0) is 61.2 Å². The molecular weight excluding hydrogens is 462 g/mol. The predicted molar refractivity (Wildman–Crippen MR) is 141 cm³/mol. The second kappa shape index (κ2) is 17.2. The lowest BCUT2D eigenvalue weighted by atomic mass is 9.71. The molecule has 0 rings (SSSR count). The van der Waals surface area contributed by atoms with Gasteiger partial charge >= 0.3 is 12.4 Å². The average Bonchev–Trinajstić information content (AvgIpc) is 2.71. The largest absolute Gasteiger partial charge is 0.391 e. The molecule has 216 valence electrons. The highest BCUT2D eigenvalue weighted by molar-refractivity contribution is 4.80. The molecule has 0 saturated carbocycles. The molecule has 0 aliphatic carbocycles. The van der Waals surface area contributed by atoms with Crippen molar-refractivity contribution in [3.8, 4) is 0 Å². The molecule has 0 aliphatic heterocycles. The van der Waals surface area contributed by atoms with Crippen molar-refractivity contribution in [2.75, 3.05) is 0 Å². The standard InChI is InChI=1S/2C14H27F3.CH4/c2*1-6-7-9-13(5,11(2)3)10-8-12(4)14(15,16)17;/h2*11-12H,6-10H2,1-5H3;1H4/t12-,13+;12-,13-;/m10./s1. The van der Waals surface area contributed by atoms with Gasteiger partial charge < -0.3 is 0 Å². The van der Waals surface area contributed by atoms with Gasteiger partial charge in [-0.2, -0.15) is 26.3 Å². The lowest BCUT2D eigenvalue weighted by molar-refractivity contribution is -0.173. The van der Waals surface area contributed by atoms with Gasteiger partial charge in [-0.15, -0.1) is 0 Å². The average molecular weight is 521 g/mol. The van der Waals surface area contributed by atoms with E-state index in [-0.39, 0.29) is 31.1 Å². The van der Waals surface area contributed by atoms with Crippen molar-refractivity contribution < 1.29 is 26.3 Å². The van der Waals surface area contributed by atoms with Gasteiger partial charge in [0.05, 0.1) is 11.8 Å². The fraction of sp³-hybridized carbons (Fsp3) is 1.00. The molecule has 0 aromatic heterocycles. The van der Waals surface area contributed by atoms with E-state index >= 15 is 0 Å². The van der Waals surface area contributed by atoms with Gasteiger partial charge in [0.2, 0.25) is 0 Å². The van der Waals surface area contributed by atoms with E-state index in [1.165, 1.54) is 13.8 Å². The molecule has 0 nitrogen and oxygen atoms in total. The number of alkyl halides is 6. The van der Waals surface area contributed by atoms with Crippen LogP contribution in [-0.2, 0) is 0 Å². The van der Waals surface area contributed by atoms with E-state index in [4.69, 9.17) is 0 Å². The van der Waals surface area contributed by atoms with E-state index in [0.717, 1.165) is 38.5 Å². The molecule has 0 radical (unpaired) electrons. The van der Waals surface area contributed by atoms with Crippen LogP contribution in [0.3, 0.4) is 0 Å². The monoisotopic (exact) mass is 520 g/mol. The third-order valence-corrected chi connectivity index (χ3v) is 8.41. The first kappa shape index (κ1) is 39.1. The van der Waals surface area contributed by atoms with Crippen molar-refractivity contribution in [2.45, 2.75) is 153 Å². The Bertz CT molecular complexity index is 462. The van der Waals surface area contributed by atoms with Crippen LogP contribution in [-0.4, -0.2) is 12.4 Å². The molecule has 0 unspecified atom stereocenters. The van der Waals surface area contributed by atoms with Crippen molar-refractivity contribution in [3.63, 3.8) is 0 Å². The van der Waals surface area contributed by atoms with Crippen LogP contribution in [0.1, 0.15) is 141 Å². The highest BCUT2D eigenvalue weighted by Gasteiger charge is 2.39. The van der Waals surface area contributed by atoms with E-state index in [2.05, 4.69) is 55.4 Å². The highest BCUT2D eigenvalue weighted by atomic mass is 19.4. The van der Waals surface area contributed by atoms with Crippen LogP contribution in [0.15, 0.2) is 0 Å². The second-order valence-corrected chi connectivity index (χ2v) is 11.8. The molecular formula is C29H58F6. The maximum Gasteiger partial charge on any atom is 0.391 e. The van der Waals surface area contributed by atoms with Gasteiger partial charge in [0.25, 0.3) is 0 Å². The van der Waals surface area contributed by atoms with E-state index in [9.17, 15) is 26.3 Å². The van der Waals surface area contributed by atoms with E-state index in [1.54, 1.807) is 0 Å².